The third kappa shape index (κ3) is 3.49. The lowest BCUT2D eigenvalue weighted by molar-refractivity contribution is 0.414. The average molecular weight is 279 g/mol. The molecule has 1 aromatic rings. The van der Waals surface area contributed by atoms with Crippen LogP contribution in [0.25, 0.3) is 0 Å². The maximum atomic E-state index is 11.9. The lowest BCUT2D eigenvalue weighted by Gasteiger charge is -2.22. The number of rotatable bonds is 4. The van der Waals surface area contributed by atoms with E-state index < -0.39 is 10.2 Å². The lowest BCUT2D eigenvalue weighted by atomic mass is 10.3. The molecule has 0 unspecified atom stereocenters. The molecule has 0 aliphatic rings. The van der Waals surface area contributed by atoms with E-state index in [1.54, 1.807) is 13.8 Å². The van der Waals surface area contributed by atoms with Crippen LogP contribution >= 0.6 is 11.6 Å². The van der Waals surface area contributed by atoms with Crippen molar-refractivity contribution in [1.82, 2.24) is 4.31 Å². The van der Waals surface area contributed by atoms with Crippen LogP contribution in [0, 0.1) is 0 Å². The van der Waals surface area contributed by atoms with Crippen LogP contribution in [-0.2, 0) is 10.2 Å². The summed E-state index contributed by atoms with van der Waals surface area (Å²) in [7, 11) is -2.16. The number of benzene rings is 1. The van der Waals surface area contributed by atoms with Gasteiger partial charge in [-0.1, -0.05) is 11.6 Å². The standard InChI is InChI=1S/C10H15ClN2O3S/c1-7(2)13(3)17(15,16)12-10-5-4-8(14)6-9(10)11/h4-7,12,14H,1-3H3. The van der Waals surface area contributed by atoms with Crippen LogP contribution in [0.1, 0.15) is 13.8 Å². The Balaban J connectivity index is 2.98. The molecule has 0 aliphatic heterocycles. The molecule has 0 atom stereocenters. The van der Waals surface area contributed by atoms with Crippen LogP contribution in [0.4, 0.5) is 5.69 Å². The largest absolute Gasteiger partial charge is 0.508 e. The van der Waals surface area contributed by atoms with Crippen molar-refractivity contribution in [1.29, 1.82) is 0 Å². The Morgan fingerprint density at radius 2 is 2.00 bits per heavy atom. The Morgan fingerprint density at radius 3 is 2.47 bits per heavy atom. The van der Waals surface area contributed by atoms with Gasteiger partial charge in [-0.15, -0.1) is 0 Å². The molecule has 1 rings (SSSR count). The first kappa shape index (κ1) is 14.1. The Morgan fingerprint density at radius 1 is 1.41 bits per heavy atom. The smallest absolute Gasteiger partial charge is 0.301 e. The van der Waals surface area contributed by atoms with Crippen LogP contribution < -0.4 is 4.72 Å². The zero-order valence-corrected chi connectivity index (χ0v) is 11.4. The highest BCUT2D eigenvalue weighted by Crippen LogP contribution is 2.27. The van der Waals surface area contributed by atoms with Gasteiger partial charge in [-0.05, 0) is 26.0 Å². The van der Waals surface area contributed by atoms with E-state index in [2.05, 4.69) is 4.72 Å². The lowest BCUT2D eigenvalue weighted by Crippen LogP contribution is -2.37. The van der Waals surface area contributed by atoms with Crippen LogP contribution in [0.5, 0.6) is 5.75 Å². The predicted octanol–water partition coefficient (Wildman–Crippen LogP) is 2.04. The highest BCUT2D eigenvalue weighted by molar-refractivity contribution is 7.90. The Labute approximate surface area is 106 Å². The summed E-state index contributed by atoms with van der Waals surface area (Å²) >= 11 is 5.81. The van der Waals surface area contributed by atoms with E-state index in [4.69, 9.17) is 16.7 Å². The highest BCUT2D eigenvalue weighted by Gasteiger charge is 2.21. The number of hydrogen-bond acceptors (Lipinski definition) is 3. The average Bonchev–Trinajstić information content (AvgIpc) is 2.21. The number of aromatic hydroxyl groups is 1. The Kier molecular flexibility index (Phi) is 4.24. The summed E-state index contributed by atoms with van der Waals surface area (Å²) in [5, 5.41) is 9.31. The first-order valence-electron chi connectivity index (χ1n) is 4.98. The van der Waals surface area contributed by atoms with Crippen molar-refractivity contribution in [2.75, 3.05) is 11.8 Å². The minimum atomic E-state index is -3.63. The minimum absolute atomic E-state index is 0.0184. The second kappa shape index (κ2) is 5.12. The normalized spacial score (nSPS) is 12.1. The van der Waals surface area contributed by atoms with E-state index in [0.717, 1.165) is 0 Å². The molecule has 5 nitrogen and oxygen atoms in total. The first-order valence-corrected chi connectivity index (χ1v) is 6.80. The zero-order valence-electron chi connectivity index (χ0n) is 9.81. The van der Waals surface area contributed by atoms with Gasteiger partial charge in [0.2, 0.25) is 0 Å². The van der Waals surface area contributed by atoms with Crippen molar-refractivity contribution < 1.29 is 13.5 Å². The second-order valence-electron chi connectivity index (χ2n) is 3.88. The van der Waals surface area contributed by atoms with E-state index in [-0.39, 0.29) is 22.5 Å². The number of phenolic OH excluding ortho intramolecular Hbond substituents is 1. The second-order valence-corrected chi connectivity index (χ2v) is 6.02. The number of halogens is 1. The molecule has 1 aromatic carbocycles. The zero-order chi connectivity index (χ0) is 13.2. The summed E-state index contributed by atoms with van der Waals surface area (Å²) in [6.45, 7) is 3.52. The fourth-order valence-electron chi connectivity index (χ4n) is 1.08. The summed E-state index contributed by atoms with van der Waals surface area (Å²) in [4.78, 5) is 0. The third-order valence-corrected chi connectivity index (χ3v) is 4.27. The van der Waals surface area contributed by atoms with Gasteiger partial charge in [0, 0.05) is 19.2 Å². The number of anilines is 1. The van der Waals surface area contributed by atoms with Crippen LogP contribution in [0.3, 0.4) is 0 Å². The maximum absolute atomic E-state index is 11.9. The van der Waals surface area contributed by atoms with Gasteiger partial charge in [-0.2, -0.15) is 12.7 Å². The molecule has 0 saturated heterocycles. The van der Waals surface area contributed by atoms with E-state index in [1.165, 1.54) is 29.6 Å². The summed E-state index contributed by atoms with van der Waals surface area (Å²) in [5.74, 6) is -0.0184. The number of nitrogens with zero attached hydrogens (tertiary/aromatic N) is 1. The molecule has 17 heavy (non-hydrogen) atoms. The summed E-state index contributed by atoms with van der Waals surface area (Å²) in [5.41, 5.74) is 0.233. The van der Waals surface area contributed by atoms with Gasteiger partial charge >= 0.3 is 10.2 Å². The van der Waals surface area contributed by atoms with Crippen LogP contribution in [0.15, 0.2) is 18.2 Å². The van der Waals surface area contributed by atoms with Crippen molar-refractivity contribution in [3.05, 3.63) is 23.2 Å². The molecule has 0 heterocycles. The van der Waals surface area contributed by atoms with Crippen molar-refractivity contribution in [2.45, 2.75) is 19.9 Å². The van der Waals surface area contributed by atoms with Crippen molar-refractivity contribution in [3.8, 4) is 5.75 Å². The number of hydrogen-bond donors (Lipinski definition) is 2. The van der Waals surface area contributed by atoms with Crippen molar-refractivity contribution >= 4 is 27.5 Å². The fraction of sp³-hybridized carbons (Fsp3) is 0.400. The SMILES string of the molecule is CC(C)N(C)S(=O)(=O)Nc1ccc(O)cc1Cl. The molecule has 0 saturated carbocycles. The van der Waals surface area contributed by atoms with E-state index in [1.807, 2.05) is 0 Å². The molecule has 0 bridgehead atoms. The topological polar surface area (TPSA) is 69.6 Å². The molecular formula is C10H15ClN2O3S. The van der Waals surface area contributed by atoms with Gasteiger partial charge < -0.3 is 5.11 Å². The van der Waals surface area contributed by atoms with Gasteiger partial charge in [0.05, 0.1) is 10.7 Å². The molecular weight excluding hydrogens is 264 g/mol. The minimum Gasteiger partial charge on any atom is -0.508 e. The fourth-order valence-corrected chi connectivity index (χ4v) is 2.51. The molecule has 0 aliphatic carbocycles. The summed E-state index contributed by atoms with van der Waals surface area (Å²) < 4.78 is 27.3. The third-order valence-electron chi connectivity index (χ3n) is 2.30. The van der Waals surface area contributed by atoms with Gasteiger partial charge in [0.15, 0.2) is 0 Å². The van der Waals surface area contributed by atoms with Crippen molar-refractivity contribution in [2.24, 2.45) is 0 Å². The Hall–Kier alpha value is -0.980. The molecule has 0 spiro atoms. The molecule has 0 fully saturated rings. The highest BCUT2D eigenvalue weighted by atomic mass is 35.5. The van der Waals surface area contributed by atoms with E-state index >= 15 is 0 Å². The van der Waals surface area contributed by atoms with Gasteiger partial charge in [0.25, 0.3) is 0 Å². The van der Waals surface area contributed by atoms with Gasteiger partial charge in [0.1, 0.15) is 5.75 Å². The van der Waals surface area contributed by atoms with Crippen molar-refractivity contribution in [3.63, 3.8) is 0 Å². The maximum Gasteiger partial charge on any atom is 0.301 e. The van der Waals surface area contributed by atoms with Gasteiger partial charge in [-0.25, -0.2) is 0 Å². The van der Waals surface area contributed by atoms with Gasteiger partial charge in [-0.3, -0.25) is 4.72 Å². The van der Waals surface area contributed by atoms with E-state index in [9.17, 15) is 8.42 Å². The number of nitrogens with one attached hydrogen (secondary N) is 1. The quantitative estimate of drug-likeness (QED) is 0.828. The summed E-state index contributed by atoms with van der Waals surface area (Å²) in [6.07, 6.45) is 0. The van der Waals surface area contributed by atoms with Crippen LogP contribution in [0.2, 0.25) is 5.02 Å². The molecule has 96 valence electrons. The number of phenols is 1. The van der Waals surface area contributed by atoms with Crippen LogP contribution in [-0.4, -0.2) is 30.9 Å². The van der Waals surface area contributed by atoms with E-state index in [0.29, 0.717) is 0 Å². The molecule has 0 amide bonds. The molecule has 0 radical (unpaired) electrons. The molecule has 7 heteroatoms. The predicted molar refractivity (Wildman–Crippen MR) is 68.6 cm³/mol. The monoisotopic (exact) mass is 278 g/mol. The first-order chi connectivity index (χ1) is 7.74. The molecule has 0 aromatic heterocycles. The Bertz CT molecular complexity index is 502. The molecule has 2 N–H and O–H groups in total. The summed E-state index contributed by atoms with van der Waals surface area (Å²) in [6, 6.07) is 3.88.